The summed E-state index contributed by atoms with van der Waals surface area (Å²) in [5, 5.41) is 9.77. The lowest BCUT2D eigenvalue weighted by Gasteiger charge is -2.39. The molecule has 7 nitrogen and oxygen atoms in total. The Labute approximate surface area is 185 Å². The van der Waals surface area contributed by atoms with Crippen LogP contribution in [0.1, 0.15) is 29.8 Å². The monoisotopic (exact) mass is 426 g/mol. The molecule has 0 saturated carbocycles. The summed E-state index contributed by atoms with van der Waals surface area (Å²) in [6, 6.07) is 9.43. The quantitative estimate of drug-likeness (QED) is 0.734. The van der Waals surface area contributed by atoms with Crippen LogP contribution in [0.4, 0.5) is 5.69 Å². The molecule has 0 unspecified atom stereocenters. The predicted molar refractivity (Wildman–Crippen MR) is 123 cm³/mol. The summed E-state index contributed by atoms with van der Waals surface area (Å²) in [5.41, 5.74) is 2.61. The lowest BCUT2D eigenvalue weighted by molar-refractivity contribution is 0.0343. The van der Waals surface area contributed by atoms with Gasteiger partial charge in [0.15, 0.2) is 5.75 Å². The smallest absolute Gasteiger partial charge is 0.258 e. The summed E-state index contributed by atoms with van der Waals surface area (Å²) in [5.74, 6) is 0.596. The van der Waals surface area contributed by atoms with Crippen LogP contribution >= 0.6 is 0 Å². The molecule has 3 atom stereocenters. The van der Waals surface area contributed by atoms with Crippen molar-refractivity contribution in [1.29, 1.82) is 0 Å². The van der Waals surface area contributed by atoms with Crippen LogP contribution in [0, 0.1) is 5.92 Å². The first-order valence-electron chi connectivity index (χ1n) is 10.8. The van der Waals surface area contributed by atoms with Crippen molar-refractivity contribution in [1.82, 2.24) is 14.8 Å². The van der Waals surface area contributed by atoms with Crippen LogP contribution in [0.5, 0.6) is 5.75 Å². The van der Waals surface area contributed by atoms with Crippen LogP contribution in [-0.2, 0) is 6.54 Å². The number of aliphatic hydroxyl groups is 1. The fraction of sp³-hybridized carbons (Fsp3) is 0.500. The SMILES string of the molecule is C[C@@H]1CN([C@@H](C)CO)C(=O)c2cccc(N(C)C)c2O[C@@H]1CN(C)Cc1ccncc1. The highest BCUT2D eigenvalue weighted by molar-refractivity contribution is 5.99. The highest BCUT2D eigenvalue weighted by atomic mass is 16.5. The molecule has 31 heavy (non-hydrogen) atoms. The maximum Gasteiger partial charge on any atom is 0.258 e. The van der Waals surface area contributed by atoms with E-state index < -0.39 is 0 Å². The van der Waals surface area contributed by atoms with Gasteiger partial charge < -0.3 is 19.6 Å². The van der Waals surface area contributed by atoms with Crippen molar-refractivity contribution in [3.63, 3.8) is 0 Å². The Kier molecular flexibility index (Phi) is 7.51. The maximum atomic E-state index is 13.4. The third-order valence-electron chi connectivity index (χ3n) is 5.85. The fourth-order valence-electron chi connectivity index (χ4n) is 3.97. The van der Waals surface area contributed by atoms with Gasteiger partial charge in [-0.3, -0.25) is 14.7 Å². The van der Waals surface area contributed by atoms with Crippen molar-refractivity contribution in [2.45, 2.75) is 32.5 Å². The van der Waals surface area contributed by atoms with E-state index in [0.29, 0.717) is 24.4 Å². The van der Waals surface area contributed by atoms with Gasteiger partial charge >= 0.3 is 0 Å². The number of likely N-dealkylation sites (N-methyl/N-ethyl adjacent to an activating group) is 1. The van der Waals surface area contributed by atoms with Gasteiger partial charge in [0.05, 0.1) is 23.9 Å². The van der Waals surface area contributed by atoms with E-state index in [2.05, 4.69) is 23.9 Å². The molecule has 3 rings (SSSR count). The second-order valence-electron chi connectivity index (χ2n) is 8.72. The van der Waals surface area contributed by atoms with Crippen molar-refractivity contribution in [2.24, 2.45) is 5.92 Å². The molecular weight excluding hydrogens is 392 g/mol. The Balaban J connectivity index is 1.94. The minimum absolute atomic E-state index is 0.0748. The number of para-hydroxylation sites is 1. The van der Waals surface area contributed by atoms with Crippen LogP contribution in [0.2, 0.25) is 0 Å². The second-order valence-corrected chi connectivity index (χ2v) is 8.72. The number of fused-ring (bicyclic) bond motifs is 1. The van der Waals surface area contributed by atoms with Crippen LogP contribution in [0.3, 0.4) is 0 Å². The molecular formula is C24H34N4O3. The number of aliphatic hydroxyl groups excluding tert-OH is 1. The molecule has 1 aliphatic heterocycles. The Hall–Kier alpha value is -2.64. The Bertz CT molecular complexity index is 874. The highest BCUT2D eigenvalue weighted by Crippen LogP contribution is 2.36. The Morgan fingerprint density at radius 3 is 2.58 bits per heavy atom. The van der Waals surface area contributed by atoms with Gasteiger partial charge in [-0.1, -0.05) is 13.0 Å². The first kappa shape index (κ1) is 23.0. The molecule has 0 saturated heterocycles. The number of benzene rings is 1. The summed E-state index contributed by atoms with van der Waals surface area (Å²) >= 11 is 0. The van der Waals surface area contributed by atoms with E-state index >= 15 is 0 Å². The van der Waals surface area contributed by atoms with Crippen LogP contribution in [0.25, 0.3) is 0 Å². The number of ether oxygens (including phenoxy) is 1. The van der Waals surface area contributed by atoms with Crippen molar-refractivity contribution in [3.8, 4) is 5.75 Å². The van der Waals surface area contributed by atoms with Crippen molar-refractivity contribution in [2.75, 3.05) is 45.7 Å². The number of carbonyl (C=O) groups is 1. The average Bonchev–Trinajstić information content (AvgIpc) is 2.75. The lowest BCUT2D eigenvalue weighted by Crippen LogP contribution is -2.49. The molecule has 1 aliphatic rings. The molecule has 1 N–H and O–H groups in total. The molecule has 0 spiro atoms. The molecule has 168 valence electrons. The first-order chi connectivity index (χ1) is 14.8. The Morgan fingerprint density at radius 1 is 1.23 bits per heavy atom. The van der Waals surface area contributed by atoms with Crippen molar-refractivity contribution in [3.05, 3.63) is 53.9 Å². The number of pyridine rings is 1. The van der Waals surface area contributed by atoms with E-state index in [-0.39, 0.29) is 30.6 Å². The summed E-state index contributed by atoms with van der Waals surface area (Å²) < 4.78 is 6.58. The van der Waals surface area contributed by atoms with Gasteiger partial charge in [0, 0.05) is 52.0 Å². The number of hydrogen-bond donors (Lipinski definition) is 1. The highest BCUT2D eigenvalue weighted by Gasteiger charge is 2.34. The lowest BCUT2D eigenvalue weighted by atomic mass is 9.98. The third-order valence-corrected chi connectivity index (χ3v) is 5.85. The zero-order chi connectivity index (χ0) is 22.5. The molecule has 1 aromatic carbocycles. The van der Waals surface area contributed by atoms with E-state index in [4.69, 9.17) is 4.74 Å². The zero-order valence-electron chi connectivity index (χ0n) is 19.2. The van der Waals surface area contributed by atoms with Gasteiger partial charge in [0.25, 0.3) is 5.91 Å². The molecule has 0 bridgehead atoms. The summed E-state index contributed by atoms with van der Waals surface area (Å²) in [6.07, 6.45) is 3.49. The molecule has 0 aliphatic carbocycles. The van der Waals surface area contributed by atoms with E-state index in [0.717, 1.165) is 12.2 Å². The minimum atomic E-state index is -0.265. The molecule has 2 aromatic rings. The van der Waals surface area contributed by atoms with Gasteiger partial charge in [0.1, 0.15) is 6.10 Å². The van der Waals surface area contributed by atoms with Gasteiger partial charge in [-0.25, -0.2) is 0 Å². The van der Waals surface area contributed by atoms with Crippen LogP contribution in [0.15, 0.2) is 42.7 Å². The average molecular weight is 427 g/mol. The predicted octanol–water partition coefficient (Wildman–Crippen LogP) is 2.50. The number of rotatable bonds is 7. The number of anilines is 1. The molecule has 0 radical (unpaired) electrons. The van der Waals surface area contributed by atoms with Crippen LogP contribution in [-0.4, -0.2) is 78.8 Å². The van der Waals surface area contributed by atoms with E-state index in [1.807, 2.05) is 56.3 Å². The van der Waals surface area contributed by atoms with Crippen LogP contribution < -0.4 is 9.64 Å². The maximum absolute atomic E-state index is 13.4. The molecule has 2 heterocycles. The third kappa shape index (κ3) is 5.35. The molecule has 0 fully saturated rings. The van der Waals surface area contributed by atoms with Gasteiger partial charge in [0.2, 0.25) is 0 Å². The number of amides is 1. The first-order valence-corrected chi connectivity index (χ1v) is 10.8. The van der Waals surface area contributed by atoms with Gasteiger partial charge in [-0.2, -0.15) is 0 Å². The normalized spacial score (nSPS) is 20.0. The van der Waals surface area contributed by atoms with E-state index in [9.17, 15) is 9.90 Å². The molecule has 1 amide bonds. The Morgan fingerprint density at radius 2 is 1.94 bits per heavy atom. The van der Waals surface area contributed by atoms with Crippen molar-refractivity contribution < 1.29 is 14.6 Å². The number of aromatic nitrogens is 1. The molecule has 7 heteroatoms. The number of nitrogens with zero attached hydrogens (tertiary/aromatic N) is 4. The number of hydrogen-bond acceptors (Lipinski definition) is 6. The second kappa shape index (κ2) is 10.1. The summed E-state index contributed by atoms with van der Waals surface area (Å²) in [6.45, 7) is 5.94. The largest absolute Gasteiger partial charge is 0.486 e. The van der Waals surface area contributed by atoms with Crippen molar-refractivity contribution >= 4 is 11.6 Å². The standard InChI is InChI=1S/C24H34N4O3/c1-17-13-28(18(2)16-29)24(30)20-7-6-8-21(26(3)4)23(20)31-22(17)15-27(5)14-19-9-11-25-12-10-19/h6-12,17-18,22,29H,13-16H2,1-5H3/t17-,18+,22-/m1/s1. The fourth-order valence-corrected chi connectivity index (χ4v) is 3.97. The molecule has 1 aromatic heterocycles. The van der Waals surface area contributed by atoms with E-state index in [1.165, 1.54) is 5.56 Å². The topological polar surface area (TPSA) is 69.1 Å². The zero-order valence-corrected chi connectivity index (χ0v) is 19.2. The van der Waals surface area contributed by atoms with Gasteiger partial charge in [-0.05, 0) is 43.8 Å². The minimum Gasteiger partial charge on any atom is -0.486 e. The summed E-state index contributed by atoms with van der Waals surface area (Å²) in [4.78, 5) is 23.5. The summed E-state index contributed by atoms with van der Waals surface area (Å²) in [7, 11) is 5.97. The van der Waals surface area contributed by atoms with Gasteiger partial charge in [-0.15, -0.1) is 0 Å². The van der Waals surface area contributed by atoms with E-state index in [1.54, 1.807) is 17.3 Å². The number of carbonyl (C=O) groups excluding carboxylic acids is 1.